The molecule has 2 aromatic rings. The summed E-state index contributed by atoms with van der Waals surface area (Å²) in [5, 5.41) is 8.98. The SMILES string of the molecule is CCOc1ccc(S(=O)(=O)N(C)Cc2cccc(C#N)c2)cc1OCC. The maximum Gasteiger partial charge on any atom is 0.243 e. The summed E-state index contributed by atoms with van der Waals surface area (Å²) in [6.07, 6.45) is 0. The van der Waals surface area contributed by atoms with Crippen molar-refractivity contribution in [3.05, 3.63) is 53.6 Å². The highest BCUT2D eigenvalue weighted by Gasteiger charge is 2.23. The van der Waals surface area contributed by atoms with Crippen LogP contribution in [0.1, 0.15) is 25.0 Å². The number of rotatable bonds is 8. The fourth-order valence-electron chi connectivity index (χ4n) is 2.45. The third-order valence-electron chi connectivity index (χ3n) is 3.68. The van der Waals surface area contributed by atoms with Crippen molar-refractivity contribution >= 4 is 10.0 Å². The van der Waals surface area contributed by atoms with Crippen molar-refractivity contribution in [1.82, 2.24) is 4.31 Å². The quantitative estimate of drug-likeness (QED) is 0.709. The molecule has 0 saturated heterocycles. The molecule has 0 aliphatic carbocycles. The van der Waals surface area contributed by atoms with E-state index in [1.165, 1.54) is 23.5 Å². The van der Waals surface area contributed by atoms with Gasteiger partial charge in [-0.3, -0.25) is 0 Å². The summed E-state index contributed by atoms with van der Waals surface area (Å²) in [6.45, 7) is 4.70. The smallest absolute Gasteiger partial charge is 0.243 e. The third-order valence-corrected chi connectivity index (χ3v) is 5.48. The molecule has 0 spiro atoms. The predicted octanol–water partition coefficient (Wildman–Crippen LogP) is 3.18. The summed E-state index contributed by atoms with van der Waals surface area (Å²) in [5.41, 5.74) is 1.24. The van der Waals surface area contributed by atoms with Crippen molar-refractivity contribution < 1.29 is 17.9 Å². The molecule has 0 aromatic heterocycles. The molecule has 7 heteroatoms. The van der Waals surface area contributed by atoms with Crippen LogP contribution in [0.3, 0.4) is 0 Å². The lowest BCUT2D eigenvalue weighted by molar-refractivity contribution is 0.287. The van der Waals surface area contributed by atoms with Crippen LogP contribution in [-0.2, 0) is 16.6 Å². The van der Waals surface area contributed by atoms with Gasteiger partial charge in [-0.15, -0.1) is 0 Å². The van der Waals surface area contributed by atoms with Gasteiger partial charge in [0.25, 0.3) is 0 Å². The van der Waals surface area contributed by atoms with E-state index >= 15 is 0 Å². The second-order valence-electron chi connectivity index (χ2n) is 5.55. The van der Waals surface area contributed by atoms with Crippen LogP contribution in [0.25, 0.3) is 0 Å². The average Bonchev–Trinajstić information content (AvgIpc) is 2.63. The van der Waals surface area contributed by atoms with Crippen LogP contribution >= 0.6 is 0 Å². The predicted molar refractivity (Wildman–Crippen MR) is 98.6 cm³/mol. The van der Waals surface area contributed by atoms with Gasteiger partial charge in [0.05, 0.1) is 29.7 Å². The molecule has 26 heavy (non-hydrogen) atoms. The van der Waals surface area contributed by atoms with E-state index in [2.05, 4.69) is 6.07 Å². The van der Waals surface area contributed by atoms with E-state index in [0.29, 0.717) is 30.3 Å². The highest BCUT2D eigenvalue weighted by atomic mass is 32.2. The number of nitriles is 1. The van der Waals surface area contributed by atoms with Gasteiger partial charge in [0, 0.05) is 19.7 Å². The molecule has 0 saturated carbocycles. The first-order chi connectivity index (χ1) is 12.4. The van der Waals surface area contributed by atoms with Gasteiger partial charge in [-0.25, -0.2) is 8.42 Å². The summed E-state index contributed by atoms with van der Waals surface area (Å²) >= 11 is 0. The Morgan fingerprint density at radius 2 is 1.73 bits per heavy atom. The number of sulfonamides is 1. The zero-order valence-electron chi connectivity index (χ0n) is 15.1. The monoisotopic (exact) mass is 374 g/mol. The zero-order chi connectivity index (χ0) is 19.2. The Morgan fingerprint density at radius 1 is 1.04 bits per heavy atom. The summed E-state index contributed by atoms with van der Waals surface area (Å²) in [5.74, 6) is 0.910. The Morgan fingerprint density at radius 3 is 2.38 bits per heavy atom. The lowest BCUT2D eigenvalue weighted by Crippen LogP contribution is -2.26. The minimum Gasteiger partial charge on any atom is -0.490 e. The lowest BCUT2D eigenvalue weighted by atomic mass is 10.1. The van der Waals surface area contributed by atoms with Crippen molar-refractivity contribution in [1.29, 1.82) is 5.26 Å². The van der Waals surface area contributed by atoms with Crippen LogP contribution in [0.2, 0.25) is 0 Å². The summed E-state index contributed by atoms with van der Waals surface area (Å²) in [4.78, 5) is 0.128. The summed E-state index contributed by atoms with van der Waals surface area (Å²) < 4.78 is 38.0. The van der Waals surface area contributed by atoms with Crippen molar-refractivity contribution in [2.45, 2.75) is 25.3 Å². The Bertz CT molecular complexity index is 904. The number of benzene rings is 2. The molecule has 0 aliphatic rings. The van der Waals surface area contributed by atoms with E-state index < -0.39 is 10.0 Å². The number of nitrogens with zero attached hydrogens (tertiary/aromatic N) is 2. The number of ether oxygens (including phenoxy) is 2. The fourth-order valence-corrected chi connectivity index (χ4v) is 3.63. The normalized spacial score (nSPS) is 11.2. The summed E-state index contributed by atoms with van der Waals surface area (Å²) in [6, 6.07) is 13.5. The maximum atomic E-state index is 12.9. The lowest BCUT2D eigenvalue weighted by Gasteiger charge is -2.19. The number of hydrogen-bond acceptors (Lipinski definition) is 5. The molecule has 0 N–H and O–H groups in total. The van der Waals surface area contributed by atoms with Crippen molar-refractivity contribution in [2.75, 3.05) is 20.3 Å². The first-order valence-corrected chi connectivity index (χ1v) is 9.71. The van der Waals surface area contributed by atoms with Crippen molar-refractivity contribution in [3.63, 3.8) is 0 Å². The zero-order valence-corrected chi connectivity index (χ0v) is 15.9. The molecule has 138 valence electrons. The van der Waals surface area contributed by atoms with Gasteiger partial charge in [0.1, 0.15) is 0 Å². The van der Waals surface area contributed by atoms with Crippen LogP contribution in [0.4, 0.5) is 0 Å². The van der Waals surface area contributed by atoms with E-state index in [9.17, 15) is 8.42 Å². The van der Waals surface area contributed by atoms with Gasteiger partial charge in [0.15, 0.2) is 11.5 Å². The Hall–Kier alpha value is -2.56. The summed E-state index contributed by atoms with van der Waals surface area (Å²) in [7, 11) is -2.21. The fraction of sp³-hybridized carbons (Fsp3) is 0.316. The molecule has 0 radical (unpaired) electrons. The van der Waals surface area contributed by atoms with Crippen LogP contribution < -0.4 is 9.47 Å². The van der Waals surface area contributed by atoms with Crippen LogP contribution in [0, 0.1) is 11.3 Å². The third kappa shape index (κ3) is 4.54. The minimum absolute atomic E-state index is 0.128. The van der Waals surface area contributed by atoms with E-state index in [1.54, 1.807) is 30.3 Å². The molecule has 0 bridgehead atoms. The second-order valence-corrected chi connectivity index (χ2v) is 7.59. The minimum atomic E-state index is -3.71. The van der Waals surface area contributed by atoms with Gasteiger partial charge in [0.2, 0.25) is 10.0 Å². The van der Waals surface area contributed by atoms with E-state index in [4.69, 9.17) is 14.7 Å². The molecular weight excluding hydrogens is 352 g/mol. The van der Waals surface area contributed by atoms with Crippen LogP contribution in [0.5, 0.6) is 11.5 Å². The maximum absolute atomic E-state index is 12.9. The van der Waals surface area contributed by atoms with Gasteiger partial charge in [-0.05, 0) is 43.7 Å². The highest BCUT2D eigenvalue weighted by Crippen LogP contribution is 2.31. The van der Waals surface area contributed by atoms with Crippen LogP contribution in [0.15, 0.2) is 47.4 Å². The molecule has 0 amide bonds. The largest absolute Gasteiger partial charge is 0.490 e. The van der Waals surface area contributed by atoms with Gasteiger partial charge >= 0.3 is 0 Å². The van der Waals surface area contributed by atoms with Gasteiger partial charge in [-0.2, -0.15) is 9.57 Å². The average molecular weight is 374 g/mol. The molecule has 0 heterocycles. The molecule has 0 atom stereocenters. The Labute approximate surface area is 154 Å². The van der Waals surface area contributed by atoms with E-state index in [0.717, 1.165) is 5.56 Å². The van der Waals surface area contributed by atoms with Gasteiger partial charge < -0.3 is 9.47 Å². The first-order valence-electron chi connectivity index (χ1n) is 8.27. The Balaban J connectivity index is 2.30. The second kappa shape index (κ2) is 8.70. The molecule has 2 rings (SSSR count). The molecule has 0 aliphatic heterocycles. The Kier molecular flexibility index (Phi) is 6.61. The standard InChI is InChI=1S/C19H22N2O4S/c1-4-24-18-10-9-17(12-19(18)25-5-2)26(22,23)21(3)14-16-8-6-7-15(11-16)13-20/h6-12H,4-5,14H2,1-3H3. The number of hydrogen-bond donors (Lipinski definition) is 0. The van der Waals surface area contributed by atoms with Gasteiger partial charge in [-0.1, -0.05) is 12.1 Å². The molecule has 2 aromatic carbocycles. The van der Waals surface area contributed by atoms with E-state index in [1.807, 2.05) is 13.8 Å². The molecule has 6 nitrogen and oxygen atoms in total. The van der Waals surface area contributed by atoms with Crippen molar-refractivity contribution in [3.8, 4) is 17.6 Å². The first kappa shape index (κ1) is 19.8. The van der Waals surface area contributed by atoms with Crippen molar-refractivity contribution in [2.24, 2.45) is 0 Å². The molecular formula is C19H22N2O4S. The van der Waals surface area contributed by atoms with E-state index in [-0.39, 0.29) is 11.4 Å². The topological polar surface area (TPSA) is 79.6 Å². The van der Waals surface area contributed by atoms with Crippen LogP contribution in [-0.4, -0.2) is 33.0 Å². The molecule has 0 fully saturated rings. The highest BCUT2D eigenvalue weighted by molar-refractivity contribution is 7.89. The molecule has 0 unspecified atom stereocenters.